The Hall–Kier alpha value is -3.06. The molecule has 1 atom stereocenters. The monoisotopic (exact) mass is 368 g/mol. The largest absolute Gasteiger partial charge is 0.375 e. The number of fused-ring (bicyclic) bond motifs is 1. The molecule has 0 fully saturated rings. The fraction of sp³-hybridized carbons (Fsp3) is 0.300. The van der Waals surface area contributed by atoms with E-state index in [1.54, 1.807) is 24.3 Å². The third-order valence-electron chi connectivity index (χ3n) is 4.60. The third-order valence-corrected chi connectivity index (χ3v) is 4.60. The van der Waals surface area contributed by atoms with E-state index in [0.29, 0.717) is 17.8 Å². The van der Waals surface area contributed by atoms with E-state index < -0.39 is 28.6 Å². The van der Waals surface area contributed by atoms with E-state index >= 15 is 0 Å². The number of hydrogen-bond donors (Lipinski definition) is 1. The molecule has 1 amide bonds. The summed E-state index contributed by atoms with van der Waals surface area (Å²) >= 11 is 0. The highest BCUT2D eigenvalue weighted by Gasteiger charge is 2.50. The second-order valence-corrected chi connectivity index (χ2v) is 7.09. The van der Waals surface area contributed by atoms with Crippen molar-refractivity contribution in [2.24, 2.45) is 5.92 Å². The van der Waals surface area contributed by atoms with Crippen LogP contribution in [0.15, 0.2) is 48.5 Å². The molecule has 1 N–H and O–H groups in total. The first kappa shape index (κ1) is 18.7. The molecule has 27 heavy (non-hydrogen) atoms. The van der Waals surface area contributed by atoms with Crippen molar-refractivity contribution in [1.82, 2.24) is 0 Å². The van der Waals surface area contributed by atoms with E-state index in [1.165, 1.54) is 29.2 Å². The Balaban J connectivity index is 1.92. The van der Waals surface area contributed by atoms with E-state index in [9.17, 15) is 24.8 Å². The highest BCUT2D eigenvalue weighted by molar-refractivity contribution is 6.10. The number of nitro benzene ring substituents is 1. The molecule has 0 saturated heterocycles. The fourth-order valence-corrected chi connectivity index (χ4v) is 3.33. The summed E-state index contributed by atoms with van der Waals surface area (Å²) in [6.07, 6.45) is -0.421. The summed E-state index contributed by atoms with van der Waals surface area (Å²) in [6, 6.07) is 12.0. The van der Waals surface area contributed by atoms with Crippen LogP contribution in [-0.4, -0.2) is 28.3 Å². The van der Waals surface area contributed by atoms with Gasteiger partial charge in [-0.25, -0.2) is 0 Å². The van der Waals surface area contributed by atoms with Crippen molar-refractivity contribution < 1.29 is 19.6 Å². The molecule has 1 aliphatic heterocycles. The zero-order chi connectivity index (χ0) is 19.8. The number of benzene rings is 2. The molecule has 0 saturated carbocycles. The quantitative estimate of drug-likeness (QED) is 0.480. The number of rotatable bonds is 6. The predicted molar refractivity (Wildman–Crippen MR) is 99.6 cm³/mol. The molecule has 140 valence electrons. The molecule has 3 rings (SSSR count). The first-order valence-electron chi connectivity index (χ1n) is 8.65. The van der Waals surface area contributed by atoms with Gasteiger partial charge in [-0.05, 0) is 24.1 Å². The Bertz CT molecular complexity index is 907. The molecule has 0 radical (unpaired) electrons. The number of anilines is 1. The standard InChI is InChI=1S/C20H20N2O5/c1-13(2)12-21-17-6-4-3-5-16(17)20(25,19(21)24)11-18(23)14-7-9-15(10-8-14)22(26)27/h3-10,13,25H,11-12H2,1-2H3. The van der Waals surface area contributed by atoms with Crippen LogP contribution in [-0.2, 0) is 10.4 Å². The summed E-state index contributed by atoms with van der Waals surface area (Å²) < 4.78 is 0. The molecular weight excluding hydrogens is 348 g/mol. The predicted octanol–water partition coefficient (Wildman–Crippen LogP) is 3.06. The van der Waals surface area contributed by atoms with Crippen molar-refractivity contribution in [3.05, 3.63) is 69.8 Å². The average molecular weight is 368 g/mol. The minimum atomic E-state index is -1.94. The maximum absolute atomic E-state index is 13.0. The fourth-order valence-electron chi connectivity index (χ4n) is 3.33. The number of ketones is 1. The smallest absolute Gasteiger partial charge is 0.269 e. The number of Topliss-reactive ketones (excluding diaryl/α,β-unsaturated/α-hetero) is 1. The number of aliphatic hydroxyl groups is 1. The lowest BCUT2D eigenvalue weighted by molar-refractivity contribution is -0.384. The van der Waals surface area contributed by atoms with Gasteiger partial charge in [0.25, 0.3) is 11.6 Å². The van der Waals surface area contributed by atoms with Gasteiger partial charge in [0.2, 0.25) is 0 Å². The first-order chi connectivity index (χ1) is 12.7. The van der Waals surface area contributed by atoms with Crippen molar-refractivity contribution in [3.8, 4) is 0 Å². The van der Waals surface area contributed by atoms with E-state index in [-0.39, 0.29) is 17.2 Å². The Morgan fingerprint density at radius 2 is 1.81 bits per heavy atom. The van der Waals surface area contributed by atoms with Gasteiger partial charge in [0.05, 0.1) is 17.0 Å². The molecule has 0 aromatic heterocycles. The van der Waals surface area contributed by atoms with Crippen LogP contribution in [0, 0.1) is 16.0 Å². The topological polar surface area (TPSA) is 101 Å². The van der Waals surface area contributed by atoms with E-state index in [0.717, 1.165) is 0 Å². The van der Waals surface area contributed by atoms with Gasteiger partial charge in [0.1, 0.15) is 0 Å². The number of non-ortho nitro benzene ring substituents is 1. The summed E-state index contributed by atoms with van der Waals surface area (Å²) in [7, 11) is 0. The molecule has 2 aromatic rings. The van der Waals surface area contributed by atoms with Crippen LogP contribution in [0.2, 0.25) is 0 Å². The highest BCUT2D eigenvalue weighted by Crippen LogP contribution is 2.43. The molecule has 0 bridgehead atoms. The highest BCUT2D eigenvalue weighted by atomic mass is 16.6. The summed E-state index contributed by atoms with van der Waals surface area (Å²) in [6.45, 7) is 4.37. The summed E-state index contributed by atoms with van der Waals surface area (Å²) in [4.78, 5) is 37.3. The summed E-state index contributed by atoms with van der Waals surface area (Å²) in [5.74, 6) is -0.788. The Morgan fingerprint density at radius 3 is 2.41 bits per heavy atom. The number of para-hydroxylation sites is 1. The number of hydrogen-bond acceptors (Lipinski definition) is 5. The minimum absolute atomic E-state index is 0.129. The van der Waals surface area contributed by atoms with Crippen LogP contribution in [0.4, 0.5) is 11.4 Å². The molecule has 0 aliphatic carbocycles. The molecule has 0 spiro atoms. The average Bonchev–Trinajstić information content (AvgIpc) is 2.84. The van der Waals surface area contributed by atoms with Crippen LogP contribution in [0.1, 0.15) is 36.2 Å². The summed E-state index contributed by atoms with van der Waals surface area (Å²) in [5.41, 5.74) is -0.844. The van der Waals surface area contributed by atoms with Crippen molar-refractivity contribution in [1.29, 1.82) is 0 Å². The van der Waals surface area contributed by atoms with Crippen molar-refractivity contribution in [2.75, 3.05) is 11.4 Å². The van der Waals surface area contributed by atoms with Crippen LogP contribution < -0.4 is 4.90 Å². The number of carbonyl (C=O) groups excluding carboxylic acids is 2. The van der Waals surface area contributed by atoms with Crippen LogP contribution >= 0.6 is 0 Å². The summed E-state index contributed by atoms with van der Waals surface area (Å²) in [5, 5.41) is 21.9. The van der Waals surface area contributed by atoms with Gasteiger partial charge in [-0.15, -0.1) is 0 Å². The maximum atomic E-state index is 13.0. The molecule has 7 nitrogen and oxygen atoms in total. The SMILES string of the molecule is CC(C)CN1C(=O)C(O)(CC(=O)c2ccc([N+](=O)[O-])cc2)c2ccccc21. The Kier molecular flexibility index (Phi) is 4.80. The van der Waals surface area contributed by atoms with Crippen LogP contribution in [0.3, 0.4) is 0 Å². The first-order valence-corrected chi connectivity index (χ1v) is 8.65. The lowest BCUT2D eigenvalue weighted by Gasteiger charge is -2.23. The third kappa shape index (κ3) is 3.33. The number of amides is 1. The van der Waals surface area contributed by atoms with Crippen molar-refractivity contribution in [3.63, 3.8) is 0 Å². The van der Waals surface area contributed by atoms with Gasteiger partial charge in [-0.1, -0.05) is 32.0 Å². The molecule has 1 heterocycles. The van der Waals surface area contributed by atoms with Crippen molar-refractivity contribution in [2.45, 2.75) is 25.9 Å². The van der Waals surface area contributed by atoms with Crippen LogP contribution in [0.5, 0.6) is 0 Å². The lowest BCUT2D eigenvalue weighted by Crippen LogP contribution is -2.43. The van der Waals surface area contributed by atoms with Gasteiger partial charge < -0.3 is 10.0 Å². The van der Waals surface area contributed by atoms with E-state index in [4.69, 9.17) is 0 Å². The zero-order valence-corrected chi connectivity index (χ0v) is 15.1. The second kappa shape index (κ2) is 6.92. The molecule has 1 aliphatic rings. The lowest BCUT2D eigenvalue weighted by atomic mass is 9.88. The van der Waals surface area contributed by atoms with Gasteiger partial charge in [-0.2, -0.15) is 0 Å². The molecule has 2 aromatic carbocycles. The number of carbonyl (C=O) groups is 2. The maximum Gasteiger partial charge on any atom is 0.269 e. The minimum Gasteiger partial charge on any atom is -0.375 e. The van der Waals surface area contributed by atoms with Gasteiger partial charge >= 0.3 is 0 Å². The molecule has 7 heteroatoms. The number of nitro groups is 1. The normalized spacial score (nSPS) is 18.7. The Morgan fingerprint density at radius 1 is 1.19 bits per heavy atom. The van der Waals surface area contributed by atoms with E-state index in [1.807, 2.05) is 13.8 Å². The van der Waals surface area contributed by atoms with Gasteiger partial charge in [0, 0.05) is 29.8 Å². The number of nitrogens with zero attached hydrogens (tertiary/aromatic N) is 2. The molecule has 1 unspecified atom stereocenters. The van der Waals surface area contributed by atoms with Gasteiger partial charge in [-0.3, -0.25) is 19.7 Å². The zero-order valence-electron chi connectivity index (χ0n) is 15.1. The van der Waals surface area contributed by atoms with Crippen molar-refractivity contribution >= 4 is 23.1 Å². The second-order valence-electron chi connectivity index (χ2n) is 7.09. The van der Waals surface area contributed by atoms with E-state index in [2.05, 4.69) is 0 Å². The molecular formula is C20H20N2O5. The van der Waals surface area contributed by atoms with Gasteiger partial charge in [0.15, 0.2) is 11.4 Å². The van der Waals surface area contributed by atoms with Crippen LogP contribution in [0.25, 0.3) is 0 Å². The Labute approximate surface area is 156 Å².